The lowest BCUT2D eigenvalue weighted by atomic mass is 9.88. The summed E-state index contributed by atoms with van der Waals surface area (Å²) in [6.07, 6.45) is 6.19. The smallest absolute Gasteiger partial charge is 0.227 e. The van der Waals surface area contributed by atoms with Crippen molar-refractivity contribution in [1.29, 1.82) is 0 Å². The highest BCUT2D eigenvalue weighted by Gasteiger charge is 2.36. The molecule has 0 radical (unpaired) electrons. The van der Waals surface area contributed by atoms with Crippen molar-refractivity contribution in [2.75, 3.05) is 16.8 Å². The van der Waals surface area contributed by atoms with Crippen LogP contribution >= 0.6 is 12.2 Å². The van der Waals surface area contributed by atoms with E-state index in [1.165, 1.54) is 24.0 Å². The summed E-state index contributed by atoms with van der Waals surface area (Å²) >= 11 is 5.64. The third-order valence-corrected chi connectivity index (χ3v) is 6.13. The quantitative estimate of drug-likeness (QED) is 0.727. The number of hydrogen-bond donors (Lipinski definition) is 2. The van der Waals surface area contributed by atoms with Crippen molar-refractivity contribution in [2.24, 2.45) is 0 Å². The van der Waals surface area contributed by atoms with Gasteiger partial charge in [0.05, 0.1) is 5.54 Å². The molecule has 1 saturated heterocycles. The first-order chi connectivity index (χ1) is 13.6. The Bertz CT molecular complexity index is 854. The molecule has 2 N–H and O–H groups in total. The first-order valence-electron chi connectivity index (χ1n) is 10.1. The Balaban J connectivity index is 1.44. The fraction of sp³-hybridized carbons (Fsp3) is 0.391. The Morgan fingerprint density at radius 1 is 1.00 bits per heavy atom. The molecule has 1 aliphatic carbocycles. The summed E-state index contributed by atoms with van der Waals surface area (Å²) in [6.45, 7) is 2.93. The number of thiocarbonyl (C=S) groups is 1. The molecule has 1 aliphatic heterocycles. The minimum absolute atomic E-state index is 0.0836. The van der Waals surface area contributed by atoms with Crippen LogP contribution in [0.15, 0.2) is 48.5 Å². The van der Waals surface area contributed by atoms with Gasteiger partial charge in [-0.25, -0.2) is 0 Å². The summed E-state index contributed by atoms with van der Waals surface area (Å²) in [5, 5.41) is 7.58. The maximum atomic E-state index is 11.9. The molecule has 0 unspecified atom stereocenters. The number of rotatable bonds is 4. The Kier molecular flexibility index (Phi) is 5.36. The van der Waals surface area contributed by atoms with Gasteiger partial charge in [-0.1, -0.05) is 42.7 Å². The molecule has 4 rings (SSSR count). The summed E-state index contributed by atoms with van der Waals surface area (Å²) in [7, 11) is 0. The van der Waals surface area contributed by atoms with Crippen molar-refractivity contribution in [2.45, 2.75) is 51.0 Å². The number of nitrogens with zero attached hydrogens (tertiary/aromatic N) is 1. The molecular formula is C23H27N3OS. The summed E-state index contributed by atoms with van der Waals surface area (Å²) in [4.78, 5) is 13.8. The van der Waals surface area contributed by atoms with Crippen LogP contribution in [0.1, 0.15) is 49.7 Å². The molecular weight excluding hydrogens is 366 g/mol. The molecule has 0 atom stereocenters. The zero-order valence-electron chi connectivity index (χ0n) is 16.3. The normalized spacial score (nSPS) is 18.3. The monoisotopic (exact) mass is 393 g/mol. The lowest BCUT2D eigenvalue weighted by molar-refractivity contribution is -0.117. The van der Waals surface area contributed by atoms with Crippen molar-refractivity contribution in [3.05, 3.63) is 59.7 Å². The average Bonchev–Trinajstić information content (AvgIpc) is 3.33. The van der Waals surface area contributed by atoms with Crippen molar-refractivity contribution in [3.8, 4) is 0 Å². The Morgan fingerprint density at radius 2 is 1.68 bits per heavy atom. The van der Waals surface area contributed by atoms with E-state index in [0.29, 0.717) is 11.5 Å². The van der Waals surface area contributed by atoms with E-state index in [1.54, 1.807) is 0 Å². The standard InChI is InChI=1S/C23H27N3OS/c1-17-6-8-18(9-7-17)23(14-2-3-15-23)25-22(28)24-19-10-12-20(13-11-19)26-16-4-5-21(26)27/h6-13H,2-5,14-16H2,1H3,(H2,24,25,28). The first-order valence-corrected chi connectivity index (χ1v) is 10.5. The van der Waals surface area contributed by atoms with Crippen LogP contribution in [-0.4, -0.2) is 17.6 Å². The van der Waals surface area contributed by atoms with E-state index < -0.39 is 0 Å². The Morgan fingerprint density at radius 3 is 2.29 bits per heavy atom. The highest BCUT2D eigenvalue weighted by Crippen LogP contribution is 2.39. The zero-order valence-corrected chi connectivity index (χ0v) is 17.1. The second kappa shape index (κ2) is 7.92. The maximum absolute atomic E-state index is 11.9. The van der Waals surface area contributed by atoms with E-state index in [4.69, 9.17) is 12.2 Å². The fourth-order valence-electron chi connectivity index (χ4n) is 4.36. The zero-order chi connectivity index (χ0) is 19.6. The van der Waals surface area contributed by atoms with Crippen LogP contribution < -0.4 is 15.5 Å². The van der Waals surface area contributed by atoms with Gasteiger partial charge in [-0.2, -0.15) is 0 Å². The summed E-state index contributed by atoms with van der Waals surface area (Å²) in [5.74, 6) is 0.208. The second-order valence-electron chi connectivity index (χ2n) is 7.93. The van der Waals surface area contributed by atoms with Gasteiger partial charge in [-0.15, -0.1) is 0 Å². The Hall–Kier alpha value is -2.40. The van der Waals surface area contributed by atoms with E-state index in [-0.39, 0.29) is 11.4 Å². The van der Waals surface area contributed by atoms with Crippen LogP contribution in [0.5, 0.6) is 0 Å². The molecule has 0 bridgehead atoms. The van der Waals surface area contributed by atoms with Gasteiger partial charge in [0.15, 0.2) is 5.11 Å². The van der Waals surface area contributed by atoms with E-state index in [0.717, 1.165) is 37.2 Å². The molecule has 4 nitrogen and oxygen atoms in total. The third kappa shape index (κ3) is 3.90. The van der Waals surface area contributed by atoms with Gasteiger partial charge in [-0.05, 0) is 68.2 Å². The van der Waals surface area contributed by atoms with Crippen molar-refractivity contribution in [1.82, 2.24) is 5.32 Å². The van der Waals surface area contributed by atoms with Gasteiger partial charge in [0.1, 0.15) is 0 Å². The topological polar surface area (TPSA) is 44.4 Å². The van der Waals surface area contributed by atoms with Crippen molar-refractivity contribution < 1.29 is 4.79 Å². The molecule has 1 heterocycles. The molecule has 146 valence electrons. The number of hydrogen-bond acceptors (Lipinski definition) is 2. The molecule has 2 aromatic carbocycles. The van der Waals surface area contributed by atoms with E-state index in [1.807, 2.05) is 29.2 Å². The first kappa shape index (κ1) is 18.9. The van der Waals surface area contributed by atoms with Crippen LogP contribution in [0.4, 0.5) is 11.4 Å². The molecule has 0 aromatic heterocycles. The second-order valence-corrected chi connectivity index (χ2v) is 8.34. The van der Waals surface area contributed by atoms with Gasteiger partial charge in [0.2, 0.25) is 5.91 Å². The SMILES string of the molecule is Cc1ccc(C2(NC(=S)Nc3ccc(N4CCCC4=O)cc3)CCCC2)cc1. The lowest BCUT2D eigenvalue weighted by Crippen LogP contribution is -2.45. The molecule has 0 spiro atoms. The number of carbonyl (C=O) groups excluding carboxylic acids is 1. The number of carbonyl (C=O) groups is 1. The van der Waals surface area contributed by atoms with Crippen molar-refractivity contribution >= 4 is 34.6 Å². The number of aryl methyl sites for hydroxylation is 1. The fourth-order valence-corrected chi connectivity index (χ4v) is 4.68. The molecule has 1 saturated carbocycles. The van der Waals surface area contributed by atoms with E-state index in [2.05, 4.69) is 41.8 Å². The summed E-state index contributed by atoms with van der Waals surface area (Å²) in [6, 6.07) is 16.7. The number of amides is 1. The van der Waals surface area contributed by atoms with Gasteiger partial charge in [-0.3, -0.25) is 4.79 Å². The number of anilines is 2. The van der Waals surface area contributed by atoms with Crippen LogP contribution in [0.3, 0.4) is 0 Å². The summed E-state index contributed by atoms with van der Waals surface area (Å²) in [5.41, 5.74) is 4.39. The van der Waals surface area contributed by atoms with E-state index in [9.17, 15) is 4.79 Å². The molecule has 5 heteroatoms. The van der Waals surface area contributed by atoms with Gasteiger partial charge >= 0.3 is 0 Å². The predicted octanol–water partition coefficient (Wildman–Crippen LogP) is 4.88. The molecule has 28 heavy (non-hydrogen) atoms. The van der Waals surface area contributed by atoms with E-state index >= 15 is 0 Å². The molecule has 2 aliphatic rings. The van der Waals surface area contributed by atoms with Crippen LogP contribution in [0.25, 0.3) is 0 Å². The molecule has 2 fully saturated rings. The highest BCUT2D eigenvalue weighted by molar-refractivity contribution is 7.80. The minimum atomic E-state index is -0.0836. The van der Waals surface area contributed by atoms with Crippen LogP contribution in [-0.2, 0) is 10.3 Å². The Labute approximate surface area is 172 Å². The highest BCUT2D eigenvalue weighted by atomic mass is 32.1. The van der Waals surface area contributed by atoms with Crippen LogP contribution in [0.2, 0.25) is 0 Å². The largest absolute Gasteiger partial charge is 0.353 e. The predicted molar refractivity (Wildman–Crippen MR) is 119 cm³/mol. The number of benzene rings is 2. The van der Waals surface area contributed by atoms with Gasteiger partial charge in [0.25, 0.3) is 0 Å². The molecule has 2 aromatic rings. The average molecular weight is 394 g/mol. The third-order valence-electron chi connectivity index (χ3n) is 5.92. The van der Waals surface area contributed by atoms with Crippen molar-refractivity contribution in [3.63, 3.8) is 0 Å². The summed E-state index contributed by atoms with van der Waals surface area (Å²) < 4.78 is 0. The maximum Gasteiger partial charge on any atom is 0.227 e. The minimum Gasteiger partial charge on any atom is -0.353 e. The van der Waals surface area contributed by atoms with Gasteiger partial charge < -0.3 is 15.5 Å². The number of nitrogens with one attached hydrogen (secondary N) is 2. The lowest BCUT2D eigenvalue weighted by Gasteiger charge is -2.32. The molecule has 1 amide bonds. The van der Waals surface area contributed by atoms with Crippen LogP contribution in [0, 0.1) is 6.92 Å². The van der Waals surface area contributed by atoms with Gasteiger partial charge in [0, 0.05) is 24.3 Å².